The molecule has 7 heteroatoms. The average molecular weight is 351 g/mol. The third-order valence-electron chi connectivity index (χ3n) is 3.09. The molecule has 3 rings (SSSR count). The summed E-state index contributed by atoms with van der Waals surface area (Å²) in [5.74, 6) is -1.50. The van der Waals surface area contributed by atoms with E-state index in [0.717, 1.165) is 0 Å². The molecule has 1 heterocycles. The van der Waals surface area contributed by atoms with Gasteiger partial charge in [0.2, 0.25) is 0 Å². The molecule has 106 valence electrons. The zero-order chi connectivity index (χ0) is 15.1. The summed E-state index contributed by atoms with van der Waals surface area (Å²) in [6.07, 6.45) is 0. The van der Waals surface area contributed by atoms with E-state index >= 15 is 0 Å². The molecule has 3 aromatic rings. The number of nitrogens with one attached hydrogen (secondary N) is 1. The van der Waals surface area contributed by atoms with Crippen molar-refractivity contribution in [3.63, 3.8) is 0 Å². The van der Waals surface area contributed by atoms with Gasteiger partial charge in [0, 0.05) is 0 Å². The van der Waals surface area contributed by atoms with E-state index in [0.29, 0.717) is 16.7 Å². The zero-order valence-electron chi connectivity index (χ0n) is 10.4. The number of hydrogen-bond acceptors (Lipinski definition) is 2. The lowest BCUT2D eigenvalue weighted by Crippen LogP contribution is -2.14. The van der Waals surface area contributed by atoms with Crippen LogP contribution in [0.5, 0.6) is 0 Å². The van der Waals surface area contributed by atoms with E-state index in [9.17, 15) is 14.0 Å². The van der Waals surface area contributed by atoms with E-state index < -0.39 is 17.5 Å². The smallest absolute Gasteiger partial charge is 0.335 e. The van der Waals surface area contributed by atoms with Gasteiger partial charge in [0.1, 0.15) is 5.82 Å². The molecule has 5 nitrogen and oxygen atoms in total. The van der Waals surface area contributed by atoms with Gasteiger partial charge in [-0.15, -0.1) is 0 Å². The minimum atomic E-state index is -1.07. The molecule has 0 amide bonds. The molecule has 1 aromatic heterocycles. The van der Waals surface area contributed by atoms with Crippen molar-refractivity contribution < 1.29 is 14.3 Å². The quantitative estimate of drug-likeness (QED) is 0.746. The molecular weight excluding hydrogens is 343 g/mol. The summed E-state index contributed by atoms with van der Waals surface area (Å²) in [6.45, 7) is 0. The highest BCUT2D eigenvalue weighted by molar-refractivity contribution is 9.10. The number of carboxylic acids is 1. The number of carboxylic acid groups (broad SMARTS) is 1. The van der Waals surface area contributed by atoms with Gasteiger partial charge < -0.3 is 10.1 Å². The molecule has 0 saturated carbocycles. The summed E-state index contributed by atoms with van der Waals surface area (Å²) in [4.78, 5) is 25.6. The van der Waals surface area contributed by atoms with Crippen LogP contribution in [0.1, 0.15) is 10.4 Å². The van der Waals surface area contributed by atoms with Crippen molar-refractivity contribution in [2.45, 2.75) is 0 Å². The third-order valence-corrected chi connectivity index (χ3v) is 3.70. The molecule has 0 aliphatic carbocycles. The average Bonchev–Trinajstić information content (AvgIpc) is 2.76. The summed E-state index contributed by atoms with van der Waals surface area (Å²) in [6, 6.07) is 8.53. The second-order valence-corrected chi connectivity index (χ2v) is 5.26. The number of H-pyrrole nitrogens is 1. The van der Waals surface area contributed by atoms with E-state index in [1.807, 2.05) is 0 Å². The van der Waals surface area contributed by atoms with Crippen molar-refractivity contribution in [2.75, 3.05) is 0 Å². The highest BCUT2D eigenvalue weighted by atomic mass is 79.9. The molecule has 0 aliphatic rings. The van der Waals surface area contributed by atoms with Gasteiger partial charge in [0.15, 0.2) is 0 Å². The van der Waals surface area contributed by atoms with Gasteiger partial charge in [-0.05, 0) is 52.3 Å². The standard InChI is InChI=1S/C14H8BrFN2O3/c15-9-6-8(2-3-10(9)16)18-12-4-1-7(13(19)20)5-11(12)17-14(18)21/h1-6H,(H,17,21)(H,19,20). The predicted octanol–water partition coefficient (Wildman–Crippen LogP) is 2.92. The molecule has 0 radical (unpaired) electrons. The van der Waals surface area contributed by atoms with Crippen molar-refractivity contribution in [1.82, 2.24) is 9.55 Å². The van der Waals surface area contributed by atoms with Crippen LogP contribution in [-0.4, -0.2) is 20.6 Å². The van der Waals surface area contributed by atoms with Crippen LogP contribution >= 0.6 is 15.9 Å². The Hall–Kier alpha value is -2.41. The summed E-state index contributed by atoms with van der Waals surface area (Å²) in [5, 5.41) is 8.96. The number of carbonyl (C=O) groups is 1. The van der Waals surface area contributed by atoms with Crippen molar-refractivity contribution >= 4 is 32.9 Å². The van der Waals surface area contributed by atoms with Crippen LogP contribution in [0.4, 0.5) is 4.39 Å². The first kappa shape index (κ1) is 13.6. The fourth-order valence-electron chi connectivity index (χ4n) is 2.13. The molecule has 0 spiro atoms. The van der Waals surface area contributed by atoms with Crippen molar-refractivity contribution in [3.05, 3.63) is 62.7 Å². The maximum absolute atomic E-state index is 13.3. The largest absolute Gasteiger partial charge is 0.478 e. The minimum absolute atomic E-state index is 0.0798. The lowest BCUT2D eigenvalue weighted by molar-refractivity contribution is 0.0697. The molecular formula is C14H8BrFN2O3. The van der Waals surface area contributed by atoms with Crippen LogP contribution < -0.4 is 5.69 Å². The van der Waals surface area contributed by atoms with Crippen LogP contribution in [0.2, 0.25) is 0 Å². The first-order chi connectivity index (χ1) is 9.97. The number of benzene rings is 2. The van der Waals surface area contributed by atoms with Crippen LogP contribution in [0.15, 0.2) is 45.7 Å². The van der Waals surface area contributed by atoms with Gasteiger partial charge in [-0.1, -0.05) is 0 Å². The Morgan fingerprint density at radius 3 is 2.67 bits per heavy atom. The molecule has 21 heavy (non-hydrogen) atoms. The lowest BCUT2D eigenvalue weighted by atomic mass is 10.2. The van der Waals surface area contributed by atoms with Crippen molar-refractivity contribution in [1.29, 1.82) is 0 Å². The number of aromatic nitrogens is 2. The topological polar surface area (TPSA) is 75.1 Å². The number of rotatable bonds is 2. The van der Waals surface area contributed by atoms with E-state index in [4.69, 9.17) is 5.11 Å². The van der Waals surface area contributed by atoms with Gasteiger partial charge in [0.05, 0.1) is 26.8 Å². The van der Waals surface area contributed by atoms with Gasteiger partial charge in [-0.3, -0.25) is 4.57 Å². The van der Waals surface area contributed by atoms with E-state index in [-0.39, 0.29) is 10.0 Å². The molecule has 0 unspecified atom stereocenters. The minimum Gasteiger partial charge on any atom is -0.478 e. The monoisotopic (exact) mass is 350 g/mol. The Labute approximate surface area is 125 Å². The Balaban J connectivity index is 2.27. The highest BCUT2D eigenvalue weighted by Gasteiger charge is 2.12. The lowest BCUT2D eigenvalue weighted by Gasteiger charge is -2.05. The van der Waals surface area contributed by atoms with Crippen molar-refractivity contribution in [2.24, 2.45) is 0 Å². The number of halogens is 2. The van der Waals surface area contributed by atoms with E-state index in [1.54, 1.807) is 0 Å². The predicted molar refractivity (Wildman–Crippen MR) is 78.5 cm³/mol. The van der Waals surface area contributed by atoms with Crippen LogP contribution in [0.25, 0.3) is 16.7 Å². The first-order valence-corrected chi connectivity index (χ1v) is 6.70. The number of hydrogen-bond donors (Lipinski definition) is 2. The molecule has 0 aliphatic heterocycles. The van der Waals surface area contributed by atoms with Gasteiger partial charge in [-0.25, -0.2) is 14.0 Å². The maximum Gasteiger partial charge on any atom is 0.335 e. The molecule has 0 bridgehead atoms. The summed E-state index contributed by atoms with van der Waals surface area (Å²) < 4.78 is 14.9. The maximum atomic E-state index is 13.3. The van der Waals surface area contributed by atoms with Gasteiger partial charge >= 0.3 is 11.7 Å². The second kappa shape index (κ2) is 4.85. The second-order valence-electron chi connectivity index (χ2n) is 4.40. The Bertz CT molecular complexity index is 930. The number of fused-ring (bicyclic) bond motifs is 1. The van der Waals surface area contributed by atoms with Gasteiger partial charge in [0.25, 0.3) is 0 Å². The zero-order valence-corrected chi connectivity index (χ0v) is 12.0. The van der Waals surface area contributed by atoms with E-state index in [1.165, 1.54) is 41.0 Å². The fourth-order valence-corrected chi connectivity index (χ4v) is 2.49. The molecule has 0 atom stereocenters. The van der Waals surface area contributed by atoms with Crippen LogP contribution in [0.3, 0.4) is 0 Å². The summed E-state index contributed by atoms with van der Waals surface area (Å²) in [5.41, 5.74) is 1.05. The first-order valence-electron chi connectivity index (χ1n) is 5.91. The third kappa shape index (κ3) is 2.25. The number of nitrogens with zero attached hydrogens (tertiary/aromatic N) is 1. The van der Waals surface area contributed by atoms with Crippen LogP contribution in [-0.2, 0) is 0 Å². The Morgan fingerprint density at radius 2 is 2.00 bits per heavy atom. The summed E-state index contributed by atoms with van der Waals surface area (Å²) >= 11 is 3.07. The summed E-state index contributed by atoms with van der Waals surface area (Å²) in [7, 11) is 0. The Morgan fingerprint density at radius 1 is 1.24 bits per heavy atom. The SMILES string of the molecule is O=C(O)c1ccc2c(c1)[nH]c(=O)n2-c1ccc(F)c(Br)c1. The number of aromatic carboxylic acids is 1. The molecule has 0 fully saturated rings. The van der Waals surface area contributed by atoms with Crippen LogP contribution in [0, 0.1) is 5.82 Å². The highest BCUT2D eigenvalue weighted by Crippen LogP contribution is 2.22. The number of aromatic amines is 1. The molecule has 2 N–H and O–H groups in total. The van der Waals surface area contributed by atoms with Crippen molar-refractivity contribution in [3.8, 4) is 5.69 Å². The molecule has 2 aromatic carbocycles. The fraction of sp³-hybridized carbons (Fsp3) is 0. The number of imidazole rings is 1. The van der Waals surface area contributed by atoms with Gasteiger partial charge in [-0.2, -0.15) is 0 Å². The normalized spacial score (nSPS) is 11.0. The Kier molecular flexibility index (Phi) is 3.13. The van der Waals surface area contributed by atoms with E-state index in [2.05, 4.69) is 20.9 Å². The molecule has 0 saturated heterocycles.